The SMILES string of the molecule is NC(=O)c1ccsc1NC(=O)C[C@H](C(=O)O)c1ccccc1. The fourth-order valence-corrected chi connectivity index (χ4v) is 2.80. The lowest BCUT2D eigenvalue weighted by Crippen LogP contribution is -2.22. The minimum Gasteiger partial charge on any atom is -0.481 e. The number of carbonyl (C=O) groups excluding carboxylic acids is 2. The standard InChI is InChI=1S/C15H14N2O4S/c16-13(19)10-6-7-22-14(10)17-12(18)8-11(15(20)21)9-4-2-1-3-5-9/h1-7,11H,8H2,(H2,16,19)(H,17,18)(H,20,21)/t11-/m0/s1. The molecule has 0 saturated carbocycles. The summed E-state index contributed by atoms with van der Waals surface area (Å²) in [4.78, 5) is 34.6. The smallest absolute Gasteiger partial charge is 0.311 e. The van der Waals surface area contributed by atoms with Crippen molar-refractivity contribution in [1.29, 1.82) is 0 Å². The molecule has 0 bridgehead atoms. The maximum atomic E-state index is 12.1. The van der Waals surface area contributed by atoms with Gasteiger partial charge in [-0.1, -0.05) is 30.3 Å². The molecule has 0 saturated heterocycles. The van der Waals surface area contributed by atoms with Gasteiger partial charge in [-0.25, -0.2) is 0 Å². The molecule has 0 unspecified atom stereocenters. The molecule has 0 radical (unpaired) electrons. The summed E-state index contributed by atoms with van der Waals surface area (Å²) in [5.74, 6) is -3.16. The molecule has 0 fully saturated rings. The second-order valence-electron chi connectivity index (χ2n) is 4.58. The van der Waals surface area contributed by atoms with Gasteiger partial charge >= 0.3 is 5.97 Å². The van der Waals surface area contributed by atoms with Gasteiger partial charge < -0.3 is 16.2 Å². The first kappa shape index (κ1) is 15.7. The molecule has 1 aromatic heterocycles. The Labute approximate surface area is 130 Å². The molecule has 2 aromatic rings. The van der Waals surface area contributed by atoms with E-state index in [0.717, 1.165) is 11.3 Å². The number of nitrogens with two attached hydrogens (primary N) is 1. The third-order valence-corrected chi connectivity index (χ3v) is 3.90. The second kappa shape index (κ2) is 6.86. The Balaban J connectivity index is 2.11. The fourth-order valence-electron chi connectivity index (χ4n) is 2.00. The third-order valence-electron chi connectivity index (χ3n) is 3.07. The number of anilines is 1. The van der Waals surface area contributed by atoms with Gasteiger partial charge in [0.1, 0.15) is 5.00 Å². The number of nitrogens with one attached hydrogen (secondary N) is 1. The van der Waals surface area contributed by atoms with Crippen LogP contribution in [0.1, 0.15) is 28.3 Å². The molecule has 114 valence electrons. The van der Waals surface area contributed by atoms with Crippen molar-refractivity contribution in [2.45, 2.75) is 12.3 Å². The molecule has 0 spiro atoms. The molecule has 22 heavy (non-hydrogen) atoms. The molecular formula is C15H14N2O4S. The van der Waals surface area contributed by atoms with Crippen LogP contribution in [0.2, 0.25) is 0 Å². The van der Waals surface area contributed by atoms with Crippen molar-refractivity contribution in [2.24, 2.45) is 5.73 Å². The van der Waals surface area contributed by atoms with E-state index in [9.17, 15) is 19.5 Å². The zero-order chi connectivity index (χ0) is 16.1. The third kappa shape index (κ3) is 3.70. The van der Waals surface area contributed by atoms with Crippen molar-refractivity contribution in [3.8, 4) is 0 Å². The van der Waals surface area contributed by atoms with Crippen molar-refractivity contribution in [3.05, 3.63) is 52.9 Å². The average Bonchev–Trinajstić information content (AvgIpc) is 2.93. The van der Waals surface area contributed by atoms with Crippen LogP contribution in [0.25, 0.3) is 0 Å². The Kier molecular flexibility index (Phi) is 4.90. The number of rotatable bonds is 6. The van der Waals surface area contributed by atoms with Gasteiger partial charge in [-0.2, -0.15) is 0 Å². The van der Waals surface area contributed by atoms with Crippen LogP contribution in [0.3, 0.4) is 0 Å². The average molecular weight is 318 g/mol. The van der Waals surface area contributed by atoms with Gasteiger partial charge in [0.2, 0.25) is 5.91 Å². The fraction of sp³-hybridized carbons (Fsp3) is 0.133. The van der Waals surface area contributed by atoms with Crippen LogP contribution in [0.5, 0.6) is 0 Å². The number of thiophene rings is 1. The van der Waals surface area contributed by atoms with E-state index in [1.54, 1.807) is 35.7 Å². The number of carboxylic acid groups (broad SMARTS) is 1. The Morgan fingerprint density at radius 2 is 1.86 bits per heavy atom. The number of aliphatic carboxylic acids is 1. The predicted octanol–water partition coefficient (Wildman–Crippen LogP) is 2.04. The Hall–Kier alpha value is -2.67. The van der Waals surface area contributed by atoms with Crippen molar-refractivity contribution in [2.75, 3.05) is 5.32 Å². The predicted molar refractivity (Wildman–Crippen MR) is 82.9 cm³/mol. The molecule has 7 heteroatoms. The molecule has 2 rings (SSSR count). The van der Waals surface area contributed by atoms with Crippen LogP contribution in [-0.2, 0) is 9.59 Å². The van der Waals surface area contributed by atoms with E-state index in [4.69, 9.17) is 5.73 Å². The number of carbonyl (C=O) groups is 3. The molecule has 6 nitrogen and oxygen atoms in total. The lowest BCUT2D eigenvalue weighted by Gasteiger charge is -2.12. The van der Waals surface area contributed by atoms with E-state index in [2.05, 4.69) is 5.32 Å². The van der Waals surface area contributed by atoms with Gasteiger partial charge in [0, 0.05) is 6.42 Å². The highest BCUT2D eigenvalue weighted by molar-refractivity contribution is 7.14. The normalized spacial score (nSPS) is 11.6. The van der Waals surface area contributed by atoms with Gasteiger partial charge in [-0.3, -0.25) is 14.4 Å². The van der Waals surface area contributed by atoms with Crippen molar-refractivity contribution in [1.82, 2.24) is 0 Å². The van der Waals surface area contributed by atoms with Gasteiger partial charge in [0.15, 0.2) is 0 Å². The van der Waals surface area contributed by atoms with E-state index in [1.807, 2.05) is 0 Å². The van der Waals surface area contributed by atoms with Gasteiger partial charge in [0.05, 0.1) is 11.5 Å². The van der Waals surface area contributed by atoms with Gasteiger partial charge in [-0.15, -0.1) is 11.3 Å². The summed E-state index contributed by atoms with van der Waals surface area (Å²) in [5.41, 5.74) is 5.96. The largest absolute Gasteiger partial charge is 0.481 e. The summed E-state index contributed by atoms with van der Waals surface area (Å²) in [6.07, 6.45) is -0.227. The molecule has 1 aromatic carbocycles. The number of hydrogen-bond acceptors (Lipinski definition) is 4. The minimum absolute atomic E-state index is 0.213. The highest BCUT2D eigenvalue weighted by Crippen LogP contribution is 2.25. The highest BCUT2D eigenvalue weighted by atomic mass is 32.1. The van der Waals surface area contributed by atoms with Gasteiger partial charge in [-0.05, 0) is 17.0 Å². The molecule has 4 N–H and O–H groups in total. The lowest BCUT2D eigenvalue weighted by atomic mass is 9.95. The Morgan fingerprint density at radius 3 is 2.45 bits per heavy atom. The van der Waals surface area contributed by atoms with E-state index >= 15 is 0 Å². The van der Waals surface area contributed by atoms with Crippen molar-refractivity contribution < 1.29 is 19.5 Å². The molecule has 0 aliphatic heterocycles. The van der Waals surface area contributed by atoms with Crippen LogP contribution in [0.15, 0.2) is 41.8 Å². The van der Waals surface area contributed by atoms with Crippen molar-refractivity contribution >= 4 is 34.1 Å². The molecule has 0 aliphatic carbocycles. The van der Waals surface area contributed by atoms with Crippen LogP contribution in [0.4, 0.5) is 5.00 Å². The number of benzene rings is 1. The topological polar surface area (TPSA) is 109 Å². The van der Waals surface area contributed by atoms with Crippen LogP contribution >= 0.6 is 11.3 Å². The summed E-state index contributed by atoms with van der Waals surface area (Å²) < 4.78 is 0. The monoisotopic (exact) mass is 318 g/mol. The zero-order valence-corrected chi connectivity index (χ0v) is 12.3. The Bertz CT molecular complexity index is 697. The van der Waals surface area contributed by atoms with E-state index in [0.29, 0.717) is 10.6 Å². The summed E-state index contributed by atoms with van der Waals surface area (Å²) in [5, 5.41) is 13.8. The lowest BCUT2D eigenvalue weighted by molar-refractivity contribution is -0.140. The first-order valence-corrected chi connectivity index (χ1v) is 7.32. The first-order valence-electron chi connectivity index (χ1n) is 6.44. The summed E-state index contributed by atoms with van der Waals surface area (Å²) in [7, 11) is 0. The maximum absolute atomic E-state index is 12.1. The van der Waals surface area contributed by atoms with Crippen LogP contribution in [0, 0.1) is 0 Å². The summed E-state index contributed by atoms with van der Waals surface area (Å²) in [6.45, 7) is 0. The molecule has 0 aliphatic rings. The highest BCUT2D eigenvalue weighted by Gasteiger charge is 2.24. The van der Waals surface area contributed by atoms with Crippen LogP contribution in [-0.4, -0.2) is 22.9 Å². The van der Waals surface area contributed by atoms with Gasteiger partial charge in [0.25, 0.3) is 5.91 Å². The number of hydrogen-bond donors (Lipinski definition) is 3. The number of carboxylic acids is 1. The van der Waals surface area contributed by atoms with E-state index < -0.39 is 23.7 Å². The van der Waals surface area contributed by atoms with E-state index in [1.165, 1.54) is 6.07 Å². The first-order chi connectivity index (χ1) is 10.5. The zero-order valence-electron chi connectivity index (χ0n) is 11.5. The van der Waals surface area contributed by atoms with Crippen molar-refractivity contribution in [3.63, 3.8) is 0 Å². The molecular weight excluding hydrogens is 304 g/mol. The minimum atomic E-state index is -1.08. The maximum Gasteiger partial charge on any atom is 0.311 e. The Morgan fingerprint density at radius 1 is 1.18 bits per heavy atom. The molecule has 1 heterocycles. The quantitative estimate of drug-likeness (QED) is 0.757. The van der Waals surface area contributed by atoms with E-state index in [-0.39, 0.29) is 12.0 Å². The molecule has 1 atom stereocenters. The summed E-state index contributed by atoms with van der Waals surface area (Å²) in [6, 6.07) is 10.0. The second-order valence-corrected chi connectivity index (χ2v) is 5.50. The van der Waals surface area contributed by atoms with Crippen LogP contribution < -0.4 is 11.1 Å². The molecule has 2 amide bonds. The number of primary amides is 1. The summed E-state index contributed by atoms with van der Waals surface area (Å²) >= 11 is 1.16. The number of amides is 2.